The number of ether oxygens (including phenoxy) is 2. The fourth-order valence-corrected chi connectivity index (χ4v) is 5.89. The summed E-state index contributed by atoms with van der Waals surface area (Å²) >= 11 is 0. The Morgan fingerprint density at radius 1 is 0.891 bits per heavy atom. The summed E-state index contributed by atoms with van der Waals surface area (Å²) in [5.74, 6) is -0.138. The second-order valence-corrected chi connectivity index (χ2v) is 12.6. The number of amides is 2. The van der Waals surface area contributed by atoms with E-state index in [1.807, 2.05) is 73.9 Å². The Hall–Kier alpha value is -4.14. The predicted octanol–water partition coefficient (Wildman–Crippen LogP) is 6.92. The van der Waals surface area contributed by atoms with Crippen molar-refractivity contribution in [1.82, 2.24) is 20.2 Å². The molecule has 9 nitrogen and oxygen atoms in total. The first kappa shape index (κ1) is 34.7. The minimum atomic E-state index is -0.693. The van der Waals surface area contributed by atoms with Gasteiger partial charge < -0.3 is 24.7 Å². The van der Waals surface area contributed by atoms with Gasteiger partial charge in [0.25, 0.3) is 0 Å². The highest BCUT2D eigenvalue weighted by Crippen LogP contribution is 2.32. The number of nitrogens with one attached hydrogen (secondary N) is 2. The summed E-state index contributed by atoms with van der Waals surface area (Å²) in [5.41, 5.74) is 2.69. The van der Waals surface area contributed by atoms with E-state index in [1.54, 1.807) is 0 Å². The van der Waals surface area contributed by atoms with Gasteiger partial charge in [0.2, 0.25) is 5.91 Å². The van der Waals surface area contributed by atoms with Crippen molar-refractivity contribution in [2.24, 2.45) is 11.8 Å². The van der Waals surface area contributed by atoms with Crippen molar-refractivity contribution in [1.29, 1.82) is 0 Å². The van der Waals surface area contributed by atoms with Crippen LogP contribution in [0.25, 0.3) is 0 Å². The molecule has 1 unspecified atom stereocenters. The zero-order chi connectivity index (χ0) is 32.6. The number of rotatable bonds is 17. The van der Waals surface area contributed by atoms with Crippen LogP contribution in [0.15, 0.2) is 73.2 Å². The molecule has 2 aromatic carbocycles. The zero-order valence-corrected chi connectivity index (χ0v) is 27.4. The number of unbranched alkanes of at least 4 members (excludes halogenated alkanes) is 1. The van der Waals surface area contributed by atoms with Gasteiger partial charge in [-0.3, -0.25) is 9.59 Å². The first-order valence-electron chi connectivity index (χ1n) is 16.9. The summed E-state index contributed by atoms with van der Waals surface area (Å²) in [4.78, 5) is 43.5. The molecule has 2 atom stereocenters. The molecule has 0 saturated heterocycles. The molecule has 3 aromatic rings. The largest absolute Gasteiger partial charge is 0.461 e. The lowest BCUT2D eigenvalue weighted by molar-refractivity contribution is -0.150. The maximum Gasteiger partial charge on any atom is 0.408 e. The third kappa shape index (κ3) is 11.7. The Kier molecular flexibility index (Phi) is 14.1. The molecule has 9 heteroatoms. The lowest BCUT2D eigenvalue weighted by atomic mass is 9.87. The number of hydrogen-bond donors (Lipinski definition) is 2. The van der Waals surface area contributed by atoms with Gasteiger partial charge in [-0.2, -0.15) is 0 Å². The van der Waals surface area contributed by atoms with E-state index in [0.29, 0.717) is 38.3 Å². The Balaban J connectivity index is 1.29. The van der Waals surface area contributed by atoms with Gasteiger partial charge in [-0.1, -0.05) is 87.4 Å². The van der Waals surface area contributed by atoms with Gasteiger partial charge in [-0.25, -0.2) is 9.78 Å². The second-order valence-electron chi connectivity index (χ2n) is 12.6. The molecule has 1 aliphatic carbocycles. The van der Waals surface area contributed by atoms with E-state index in [0.717, 1.165) is 48.4 Å². The average Bonchev–Trinajstić information content (AvgIpc) is 3.55. The molecular weight excluding hydrogens is 580 g/mol. The van der Waals surface area contributed by atoms with Gasteiger partial charge in [0.05, 0.1) is 17.9 Å². The molecule has 248 valence electrons. The van der Waals surface area contributed by atoms with Crippen molar-refractivity contribution in [3.63, 3.8) is 0 Å². The molecule has 46 heavy (non-hydrogen) atoms. The van der Waals surface area contributed by atoms with E-state index in [2.05, 4.69) is 33.3 Å². The van der Waals surface area contributed by atoms with Crippen LogP contribution >= 0.6 is 0 Å². The number of esters is 1. The normalized spacial score (nSPS) is 17.4. The number of alkyl carbamates (subject to hydrolysis) is 1. The maximum atomic E-state index is 13.3. The number of benzene rings is 2. The first-order chi connectivity index (χ1) is 22.4. The van der Waals surface area contributed by atoms with Crippen LogP contribution in [-0.2, 0) is 38.7 Å². The summed E-state index contributed by atoms with van der Waals surface area (Å²) in [7, 11) is 0. The summed E-state index contributed by atoms with van der Waals surface area (Å²) in [5, 5.41) is 5.68. The highest BCUT2D eigenvalue weighted by Gasteiger charge is 2.25. The molecule has 0 radical (unpaired) electrons. The van der Waals surface area contributed by atoms with Crippen LogP contribution in [0, 0.1) is 11.8 Å². The van der Waals surface area contributed by atoms with Crippen LogP contribution in [0.5, 0.6) is 0 Å². The number of nitrogens with zero attached hydrogens (tertiary/aromatic N) is 2. The van der Waals surface area contributed by atoms with Crippen molar-refractivity contribution in [2.75, 3.05) is 6.54 Å². The van der Waals surface area contributed by atoms with E-state index in [-0.39, 0.29) is 25.1 Å². The molecule has 1 aliphatic rings. The van der Waals surface area contributed by atoms with Crippen LogP contribution in [-0.4, -0.2) is 40.1 Å². The van der Waals surface area contributed by atoms with E-state index in [1.165, 1.54) is 12.8 Å². The van der Waals surface area contributed by atoms with E-state index < -0.39 is 18.1 Å². The van der Waals surface area contributed by atoms with Crippen LogP contribution in [0.4, 0.5) is 4.79 Å². The molecule has 4 rings (SSSR count). The summed E-state index contributed by atoms with van der Waals surface area (Å²) in [6.45, 7) is 5.08. The van der Waals surface area contributed by atoms with Crippen molar-refractivity contribution >= 4 is 18.0 Å². The number of hydrogen-bond acceptors (Lipinski definition) is 6. The first-order valence-corrected chi connectivity index (χ1v) is 16.9. The maximum absolute atomic E-state index is 13.3. The lowest BCUT2D eigenvalue weighted by Gasteiger charge is -2.26. The zero-order valence-electron chi connectivity index (χ0n) is 27.4. The highest BCUT2D eigenvalue weighted by molar-refractivity contribution is 5.85. The third-order valence-electron chi connectivity index (χ3n) is 8.77. The lowest BCUT2D eigenvalue weighted by Crippen LogP contribution is -2.47. The Labute approximate surface area is 273 Å². The minimum Gasteiger partial charge on any atom is -0.461 e. The van der Waals surface area contributed by atoms with Crippen LogP contribution in [0.2, 0.25) is 0 Å². The fraction of sp³-hybridized carbons (Fsp3) is 0.514. The van der Waals surface area contributed by atoms with Crippen LogP contribution < -0.4 is 10.6 Å². The van der Waals surface area contributed by atoms with Crippen molar-refractivity contribution in [3.05, 3.63) is 90.0 Å². The number of imidazole rings is 1. The monoisotopic (exact) mass is 630 g/mol. The predicted molar refractivity (Wildman–Crippen MR) is 178 cm³/mol. The molecule has 1 saturated carbocycles. The number of aromatic nitrogens is 2. The van der Waals surface area contributed by atoms with E-state index >= 15 is 0 Å². The Morgan fingerprint density at radius 3 is 2.20 bits per heavy atom. The molecule has 2 amide bonds. The summed E-state index contributed by atoms with van der Waals surface area (Å²) in [6.07, 6.45) is 11.9. The smallest absolute Gasteiger partial charge is 0.408 e. The molecule has 1 aromatic heterocycles. The van der Waals surface area contributed by atoms with Gasteiger partial charge in [-0.15, -0.1) is 0 Å². The van der Waals surface area contributed by atoms with E-state index in [4.69, 9.17) is 9.47 Å². The van der Waals surface area contributed by atoms with Crippen molar-refractivity contribution in [3.8, 4) is 0 Å². The van der Waals surface area contributed by atoms with Gasteiger partial charge in [-0.05, 0) is 62.0 Å². The standard InChI is InChI=1S/C37H50N4O5/c1-3-4-17-34(40-37(44)46-26-30-14-9-6-10-15-30)35(42)38-22-11-16-31(36(43)45-25-29-12-7-5-8-13-29)23-32-24-41(27-39-32)33-20-18-28(2)19-21-33/h5-10,12-15,24,27-28,31,33-34H,3-4,11,16-23,25-26H2,1-2H3,(H,38,42)(H,40,44)/t28?,31?,33?,34-/m0/s1. The molecular formula is C37H50N4O5. The van der Waals surface area contributed by atoms with Crippen LogP contribution in [0.1, 0.15) is 94.5 Å². The third-order valence-corrected chi connectivity index (χ3v) is 8.77. The topological polar surface area (TPSA) is 112 Å². The molecule has 1 fully saturated rings. The molecule has 2 N–H and O–H groups in total. The van der Waals surface area contributed by atoms with Gasteiger partial charge in [0.15, 0.2) is 0 Å². The highest BCUT2D eigenvalue weighted by atomic mass is 16.5. The molecule has 1 heterocycles. The van der Waals surface area contributed by atoms with Gasteiger partial charge >= 0.3 is 12.1 Å². The average molecular weight is 631 g/mol. The number of carbonyl (C=O) groups is 3. The molecule has 0 aliphatic heterocycles. The molecule has 0 bridgehead atoms. The fourth-order valence-electron chi connectivity index (χ4n) is 5.89. The van der Waals surface area contributed by atoms with E-state index in [9.17, 15) is 14.4 Å². The quantitative estimate of drug-likeness (QED) is 0.124. The van der Waals surface area contributed by atoms with Crippen LogP contribution in [0.3, 0.4) is 0 Å². The SMILES string of the molecule is CCCC[C@H](NC(=O)OCc1ccccc1)C(=O)NCCCC(Cc1cn(C2CCC(C)CC2)cn1)C(=O)OCc1ccccc1. The van der Waals surface area contributed by atoms with Crippen molar-refractivity contribution in [2.45, 2.75) is 103 Å². The van der Waals surface area contributed by atoms with Gasteiger partial charge in [0, 0.05) is 25.2 Å². The van der Waals surface area contributed by atoms with Crippen molar-refractivity contribution < 1.29 is 23.9 Å². The second kappa shape index (κ2) is 18.7. The van der Waals surface area contributed by atoms with Gasteiger partial charge in [0.1, 0.15) is 19.3 Å². The summed E-state index contributed by atoms with van der Waals surface area (Å²) in [6, 6.07) is 18.8. The minimum absolute atomic E-state index is 0.134. The number of carbonyl (C=O) groups excluding carboxylic acids is 3. The summed E-state index contributed by atoms with van der Waals surface area (Å²) < 4.78 is 13.3. The molecule has 0 spiro atoms. The Bertz CT molecular complexity index is 1340. The Morgan fingerprint density at radius 2 is 1.54 bits per heavy atom.